The van der Waals surface area contributed by atoms with E-state index in [0.29, 0.717) is 5.56 Å². The molecule has 0 atom stereocenters. The second-order valence-corrected chi connectivity index (χ2v) is 5.59. The zero-order chi connectivity index (χ0) is 14.4. The summed E-state index contributed by atoms with van der Waals surface area (Å²) in [6.07, 6.45) is 2.91. The molecule has 0 bridgehead atoms. The molecule has 0 aromatic heterocycles. The van der Waals surface area contributed by atoms with Gasteiger partial charge in [-0.15, -0.1) is 11.8 Å². The van der Waals surface area contributed by atoms with Crippen molar-refractivity contribution in [3.05, 3.63) is 23.8 Å². The van der Waals surface area contributed by atoms with Gasteiger partial charge in [-0.2, -0.15) is 0 Å². The molecule has 0 aliphatic rings. The predicted octanol–water partition coefficient (Wildman–Crippen LogP) is 2.49. The number of rotatable bonds is 7. The fourth-order valence-corrected chi connectivity index (χ4v) is 2.58. The Hall–Kier alpha value is -1.20. The number of carboxylic acid groups (broad SMARTS) is 1. The highest BCUT2D eigenvalue weighted by Gasteiger charge is 2.17. The van der Waals surface area contributed by atoms with Gasteiger partial charge in [0.2, 0.25) is 0 Å². The summed E-state index contributed by atoms with van der Waals surface area (Å²) in [5.41, 5.74) is 1.19. The fourth-order valence-electron chi connectivity index (χ4n) is 1.97. The Morgan fingerprint density at radius 1 is 1.26 bits per heavy atom. The van der Waals surface area contributed by atoms with E-state index in [0.717, 1.165) is 30.1 Å². The van der Waals surface area contributed by atoms with E-state index in [9.17, 15) is 9.90 Å². The van der Waals surface area contributed by atoms with E-state index >= 15 is 0 Å². The quantitative estimate of drug-likeness (QED) is 0.778. The lowest BCUT2D eigenvalue weighted by Gasteiger charge is -2.23. The van der Waals surface area contributed by atoms with Gasteiger partial charge in [-0.1, -0.05) is 6.07 Å². The molecule has 1 N–H and O–H groups in total. The maximum atomic E-state index is 11.4. The number of anilines is 1. The lowest BCUT2D eigenvalue weighted by molar-refractivity contribution is 0.0694. The van der Waals surface area contributed by atoms with Crippen molar-refractivity contribution in [1.29, 1.82) is 0 Å². The molecular formula is C14H22N2O2S. The van der Waals surface area contributed by atoms with Crippen LogP contribution in [0, 0.1) is 0 Å². The van der Waals surface area contributed by atoms with Crippen molar-refractivity contribution in [3.8, 4) is 0 Å². The standard InChI is InChI=1S/C14H22N2O2S/c1-15(2)9-6-10-16(3)11-7-5-8-12(19-4)13(11)14(17)18/h5,7-8H,6,9-10H2,1-4H3,(H,17,18). The van der Waals surface area contributed by atoms with Crippen LogP contribution in [-0.2, 0) is 0 Å². The highest BCUT2D eigenvalue weighted by Crippen LogP contribution is 2.29. The molecular weight excluding hydrogens is 260 g/mol. The maximum Gasteiger partial charge on any atom is 0.338 e. The van der Waals surface area contributed by atoms with Gasteiger partial charge in [-0.25, -0.2) is 4.79 Å². The Morgan fingerprint density at radius 2 is 1.95 bits per heavy atom. The summed E-state index contributed by atoms with van der Waals surface area (Å²) >= 11 is 1.47. The minimum atomic E-state index is -0.862. The smallest absolute Gasteiger partial charge is 0.338 e. The van der Waals surface area contributed by atoms with Gasteiger partial charge in [0, 0.05) is 18.5 Å². The van der Waals surface area contributed by atoms with Crippen LogP contribution in [0.5, 0.6) is 0 Å². The average molecular weight is 282 g/mol. The molecule has 1 aromatic carbocycles. The minimum absolute atomic E-state index is 0.405. The maximum absolute atomic E-state index is 11.4. The first-order valence-electron chi connectivity index (χ1n) is 6.23. The van der Waals surface area contributed by atoms with Crippen LogP contribution in [0.15, 0.2) is 23.1 Å². The van der Waals surface area contributed by atoms with E-state index in [2.05, 4.69) is 4.90 Å². The number of thioether (sulfide) groups is 1. The summed E-state index contributed by atoms with van der Waals surface area (Å²) in [5.74, 6) is -0.862. The molecule has 0 aliphatic heterocycles. The molecule has 0 spiro atoms. The molecule has 0 radical (unpaired) electrons. The van der Waals surface area contributed by atoms with E-state index in [4.69, 9.17) is 0 Å². The van der Waals surface area contributed by atoms with E-state index in [1.54, 1.807) is 0 Å². The second kappa shape index (κ2) is 7.40. The fraction of sp³-hybridized carbons (Fsp3) is 0.500. The number of benzene rings is 1. The van der Waals surface area contributed by atoms with Crippen molar-refractivity contribution >= 4 is 23.4 Å². The van der Waals surface area contributed by atoms with Crippen molar-refractivity contribution in [3.63, 3.8) is 0 Å². The van der Waals surface area contributed by atoms with Gasteiger partial charge >= 0.3 is 5.97 Å². The van der Waals surface area contributed by atoms with Gasteiger partial charge in [-0.05, 0) is 45.4 Å². The summed E-state index contributed by atoms with van der Waals surface area (Å²) in [5, 5.41) is 9.39. The molecule has 0 aliphatic carbocycles. The summed E-state index contributed by atoms with van der Waals surface area (Å²) in [7, 11) is 6.02. The van der Waals surface area contributed by atoms with Crippen molar-refractivity contribution in [2.45, 2.75) is 11.3 Å². The lowest BCUT2D eigenvalue weighted by Crippen LogP contribution is -2.25. The average Bonchev–Trinajstić information content (AvgIpc) is 2.36. The van der Waals surface area contributed by atoms with Gasteiger partial charge in [0.15, 0.2) is 0 Å². The first-order chi connectivity index (χ1) is 8.97. The molecule has 0 amide bonds. The second-order valence-electron chi connectivity index (χ2n) is 4.74. The Bertz CT molecular complexity index is 435. The predicted molar refractivity (Wildman–Crippen MR) is 81.6 cm³/mol. The monoisotopic (exact) mass is 282 g/mol. The highest BCUT2D eigenvalue weighted by atomic mass is 32.2. The van der Waals surface area contributed by atoms with Crippen LogP contribution >= 0.6 is 11.8 Å². The summed E-state index contributed by atoms with van der Waals surface area (Å²) < 4.78 is 0. The minimum Gasteiger partial charge on any atom is -0.478 e. The Kier molecular flexibility index (Phi) is 6.18. The molecule has 0 saturated carbocycles. The molecule has 4 nitrogen and oxygen atoms in total. The summed E-state index contributed by atoms with van der Waals surface area (Å²) in [6.45, 7) is 1.84. The number of hydrogen-bond donors (Lipinski definition) is 1. The van der Waals surface area contributed by atoms with Crippen LogP contribution < -0.4 is 4.90 Å². The van der Waals surface area contributed by atoms with Gasteiger partial charge < -0.3 is 14.9 Å². The normalized spacial score (nSPS) is 10.8. The molecule has 1 rings (SSSR count). The number of carbonyl (C=O) groups is 1. The van der Waals surface area contributed by atoms with Crippen molar-refractivity contribution in [2.24, 2.45) is 0 Å². The third-order valence-electron chi connectivity index (χ3n) is 2.95. The topological polar surface area (TPSA) is 43.8 Å². The number of carboxylic acids is 1. The van der Waals surface area contributed by atoms with Crippen molar-refractivity contribution < 1.29 is 9.90 Å². The Balaban J connectivity index is 2.89. The van der Waals surface area contributed by atoms with E-state index in [1.807, 2.05) is 50.5 Å². The zero-order valence-electron chi connectivity index (χ0n) is 12.0. The summed E-state index contributed by atoms with van der Waals surface area (Å²) in [6, 6.07) is 5.64. The first kappa shape index (κ1) is 15.9. The molecule has 0 heterocycles. The van der Waals surface area contributed by atoms with Gasteiger partial charge in [0.05, 0.1) is 11.3 Å². The van der Waals surface area contributed by atoms with Crippen molar-refractivity contribution in [1.82, 2.24) is 4.90 Å². The summed E-state index contributed by atoms with van der Waals surface area (Å²) in [4.78, 5) is 16.4. The van der Waals surface area contributed by atoms with Crippen LogP contribution in [0.3, 0.4) is 0 Å². The molecule has 0 fully saturated rings. The molecule has 0 unspecified atom stereocenters. The SMILES string of the molecule is CSc1cccc(N(C)CCCN(C)C)c1C(=O)O. The van der Waals surface area contributed by atoms with Crippen LogP contribution in [0.4, 0.5) is 5.69 Å². The van der Waals surface area contributed by atoms with Gasteiger partial charge in [0.25, 0.3) is 0 Å². The number of nitrogens with zero attached hydrogens (tertiary/aromatic N) is 2. The van der Waals surface area contributed by atoms with Crippen molar-refractivity contribution in [2.75, 3.05) is 45.4 Å². The van der Waals surface area contributed by atoms with Crippen LogP contribution in [0.25, 0.3) is 0 Å². The molecule has 19 heavy (non-hydrogen) atoms. The molecule has 5 heteroatoms. The van der Waals surface area contributed by atoms with Crippen LogP contribution in [0.1, 0.15) is 16.8 Å². The highest BCUT2D eigenvalue weighted by molar-refractivity contribution is 7.98. The first-order valence-corrected chi connectivity index (χ1v) is 7.46. The molecule has 1 aromatic rings. The van der Waals surface area contributed by atoms with E-state index < -0.39 is 5.97 Å². The third kappa shape index (κ3) is 4.44. The van der Waals surface area contributed by atoms with Gasteiger partial charge in [0.1, 0.15) is 0 Å². The molecule has 0 saturated heterocycles. The third-order valence-corrected chi connectivity index (χ3v) is 3.73. The van der Waals surface area contributed by atoms with Gasteiger partial charge in [-0.3, -0.25) is 0 Å². The van der Waals surface area contributed by atoms with Crippen LogP contribution in [0.2, 0.25) is 0 Å². The Labute approximate surface area is 119 Å². The largest absolute Gasteiger partial charge is 0.478 e. The van der Waals surface area contributed by atoms with E-state index in [-0.39, 0.29) is 0 Å². The van der Waals surface area contributed by atoms with E-state index in [1.165, 1.54) is 11.8 Å². The van der Waals surface area contributed by atoms with Crippen LogP contribution in [-0.4, -0.2) is 56.5 Å². The lowest BCUT2D eigenvalue weighted by atomic mass is 10.1. The Morgan fingerprint density at radius 3 is 2.47 bits per heavy atom. The number of hydrogen-bond acceptors (Lipinski definition) is 4. The zero-order valence-corrected chi connectivity index (χ0v) is 12.8. The molecule has 106 valence electrons. The number of aromatic carboxylic acids is 1.